The number of likely N-dealkylation sites (tertiary alicyclic amines) is 1. The molecule has 3 amide bonds. The number of imide groups is 1. The quantitative estimate of drug-likeness (QED) is 0.556. The van der Waals surface area contributed by atoms with Crippen LogP contribution in [0.3, 0.4) is 0 Å². The van der Waals surface area contributed by atoms with E-state index in [1.807, 2.05) is 18.2 Å². The van der Waals surface area contributed by atoms with Gasteiger partial charge in [0.1, 0.15) is 6.04 Å². The maximum atomic E-state index is 13.7. The van der Waals surface area contributed by atoms with Crippen LogP contribution in [-0.2, 0) is 14.4 Å². The van der Waals surface area contributed by atoms with Gasteiger partial charge in [0.25, 0.3) is 0 Å². The molecule has 0 aromatic rings. The molecule has 5 saturated carbocycles. The molecule has 5 nitrogen and oxygen atoms in total. The summed E-state index contributed by atoms with van der Waals surface area (Å²) in [4.78, 5) is 43.5. The summed E-state index contributed by atoms with van der Waals surface area (Å²) in [5.41, 5.74) is 0.274. The molecule has 0 N–H and O–H groups in total. The van der Waals surface area contributed by atoms with Crippen molar-refractivity contribution in [1.29, 1.82) is 0 Å². The average molecular weight is 447 g/mol. The Hall–Kier alpha value is -1.04. The molecule has 1 aliphatic heterocycles. The minimum Gasteiger partial charge on any atom is -0.343 e. The summed E-state index contributed by atoms with van der Waals surface area (Å²) >= 11 is 1.68. The smallest absolute Gasteiger partial charge is 0.245 e. The van der Waals surface area contributed by atoms with E-state index in [2.05, 4.69) is 0 Å². The van der Waals surface area contributed by atoms with Gasteiger partial charge < -0.3 is 4.90 Å². The Balaban J connectivity index is 1.33. The molecule has 4 bridgehead atoms. The molecule has 0 aromatic heterocycles. The Morgan fingerprint density at radius 1 is 1.03 bits per heavy atom. The van der Waals surface area contributed by atoms with E-state index in [1.54, 1.807) is 11.8 Å². The van der Waals surface area contributed by atoms with Gasteiger partial charge in [-0.3, -0.25) is 19.3 Å². The molecule has 6 heteroatoms. The molecular weight excluding hydrogens is 408 g/mol. The van der Waals surface area contributed by atoms with Gasteiger partial charge in [0.2, 0.25) is 17.7 Å². The van der Waals surface area contributed by atoms with E-state index >= 15 is 0 Å². The van der Waals surface area contributed by atoms with Gasteiger partial charge in [-0.1, -0.05) is 12.8 Å². The topological polar surface area (TPSA) is 57.7 Å². The van der Waals surface area contributed by atoms with Crippen LogP contribution in [0.4, 0.5) is 0 Å². The van der Waals surface area contributed by atoms with E-state index in [0.29, 0.717) is 6.42 Å². The third-order valence-electron chi connectivity index (χ3n) is 9.18. The predicted octanol–water partition coefficient (Wildman–Crippen LogP) is 3.96. The lowest BCUT2D eigenvalue weighted by molar-refractivity contribution is -0.153. The first-order valence-electron chi connectivity index (χ1n) is 12.5. The molecule has 5 aliphatic carbocycles. The van der Waals surface area contributed by atoms with Gasteiger partial charge in [0.05, 0.1) is 11.8 Å². The second kappa shape index (κ2) is 8.39. The van der Waals surface area contributed by atoms with Crippen molar-refractivity contribution in [2.75, 3.05) is 25.6 Å². The van der Waals surface area contributed by atoms with Gasteiger partial charge >= 0.3 is 0 Å². The number of fused-ring (bicyclic) bond motifs is 1. The van der Waals surface area contributed by atoms with Gasteiger partial charge in [-0.05, 0) is 93.0 Å². The number of hydrogen-bond acceptors (Lipinski definition) is 4. The second-order valence-corrected chi connectivity index (χ2v) is 12.4. The molecule has 1 heterocycles. The third kappa shape index (κ3) is 3.85. The van der Waals surface area contributed by atoms with Crippen molar-refractivity contribution in [3.63, 3.8) is 0 Å². The van der Waals surface area contributed by atoms with Crippen LogP contribution in [0.25, 0.3) is 0 Å². The van der Waals surface area contributed by atoms with Crippen molar-refractivity contribution in [3.05, 3.63) is 0 Å². The first kappa shape index (κ1) is 21.8. The second-order valence-electron chi connectivity index (χ2n) is 11.5. The van der Waals surface area contributed by atoms with Crippen LogP contribution in [0.1, 0.15) is 70.6 Å². The monoisotopic (exact) mass is 446 g/mol. The Morgan fingerprint density at radius 2 is 1.55 bits per heavy atom. The number of nitrogens with zero attached hydrogens (tertiary/aromatic N) is 2. The first-order valence-corrected chi connectivity index (χ1v) is 13.9. The standard InChI is InChI=1S/C25H38N2O3S/c1-26(15-25-12-16-9-17(13-25)11-18(10-16)14-25)24(30)21(7-8-31-2)27-22(28)19-5-3-4-6-20(19)23(27)29/h16-21H,3-15H2,1-2H3. The number of rotatable bonds is 7. The summed E-state index contributed by atoms with van der Waals surface area (Å²) in [6.45, 7) is 0.800. The van der Waals surface area contributed by atoms with Gasteiger partial charge in [-0.15, -0.1) is 0 Å². The third-order valence-corrected chi connectivity index (χ3v) is 9.83. The van der Waals surface area contributed by atoms with Crippen LogP contribution in [-0.4, -0.2) is 59.2 Å². The number of carbonyl (C=O) groups is 3. The van der Waals surface area contributed by atoms with Crippen molar-refractivity contribution in [2.24, 2.45) is 35.0 Å². The van der Waals surface area contributed by atoms with E-state index < -0.39 is 6.04 Å². The Labute approximate surface area is 191 Å². The van der Waals surface area contributed by atoms with Crippen molar-refractivity contribution in [1.82, 2.24) is 9.80 Å². The fourth-order valence-corrected chi connectivity index (χ4v) is 8.87. The number of amides is 3. The molecule has 0 radical (unpaired) electrons. The van der Waals surface area contributed by atoms with E-state index in [1.165, 1.54) is 43.4 Å². The van der Waals surface area contributed by atoms with Crippen molar-refractivity contribution in [2.45, 2.75) is 76.7 Å². The number of carbonyl (C=O) groups excluding carboxylic acids is 3. The fourth-order valence-electron chi connectivity index (χ4n) is 8.41. The van der Waals surface area contributed by atoms with Gasteiger partial charge in [-0.25, -0.2) is 0 Å². The molecule has 0 aromatic carbocycles. The van der Waals surface area contributed by atoms with Crippen molar-refractivity contribution < 1.29 is 14.4 Å². The molecule has 3 atom stereocenters. The van der Waals surface area contributed by atoms with E-state index in [4.69, 9.17) is 0 Å². The molecule has 6 fully saturated rings. The normalized spacial score (nSPS) is 39.7. The van der Waals surface area contributed by atoms with Crippen molar-refractivity contribution in [3.8, 4) is 0 Å². The molecular formula is C25H38N2O3S. The van der Waals surface area contributed by atoms with Crippen LogP contribution in [0.2, 0.25) is 0 Å². The lowest BCUT2D eigenvalue weighted by Crippen LogP contribution is -2.55. The lowest BCUT2D eigenvalue weighted by Gasteiger charge is -2.57. The van der Waals surface area contributed by atoms with E-state index in [-0.39, 0.29) is 35.0 Å². The molecule has 6 rings (SSSR count). The maximum Gasteiger partial charge on any atom is 0.245 e. The number of hydrogen-bond donors (Lipinski definition) is 0. The Morgan fingerprint density at radius 3 is 2.03 bits per heavy atom. The summed E-state index contributed by atoms with van der Waals surface area (Å²) in [5, 5.41) is 0. The van der Waals surface area contributed by atoms with Crippen LogP contribution >= 0.6 is 11.8 Å². The van der Waals surface area contributed by atoms with Crippen LogP contribution in [0, 0.1) is 35.0 Å². The zero-order chi connectivity index (χ0) is 21.8. The maximum absolute atomic E-state index is 13.7. The summed E-state index contributed by atoms with van der Waals surface area (Å²) in [6, 6.07) is -0.614. The zero-order valence-corrected chi connectivity index (χ0v) is 20.0. The van der Waals surface area contributed by atoms with E-state index in [0.717, 1.165) is 55.7 Å². The highest BCUT2D eigenvalue weighted by Gasteiger charge is 2.54. The summed E-state index contributed by atoms with van der Waals surface area (Å²) in [7, 11) is 1.92. The van der Waals surface area contributed by atoms with Gasteiger partial charge in [0.15, 0.2) is 0 Å². The summed E-state index contributed by atoms with van der Waals surface area (Å²) in [5.74, 6) is 2.83. The largest absolute Gasteiger partial charge is 0.343 e. The molecule has 31 heavy (non-hydrogen) atoms. The highest BCUT2D eigenvalue weighted by molar-refractivity contribution is 7.98. The molecule has 3 unspecified atom stereocenters. The summed E-state index contributed by atoms with van der Waals surface area (Å²) < 4.78 is 0. The molecule has 1 saturated heterocycles. The Bertz CT molecular complexity index is 694. The number of thioether (sulfide) groups is 1. The fraction of sp³-hybridized carbons (Fsp3) is 0.880. The summed E-state index contributed by atoms with van der Waals surface area (Å²) in [6.07, 6.45) is 14.2. The van der Waals surface area contributed by atoms with Gasteiger partial charge in [0, 0.05) is 13.6 Å². The molecule has 172 valence electrons. The van der Waals surface area contributed by atoms with Crippen LogP contribution in [0.15, 0.2) is 0 Å². The highest BCUT2D eigenvalue weighted by atomic mass is 32.2. The minimum atomic E-state index is -0.614. The van der Waals surface area contributed by atoms with Crippen LogP contribution < -0.4 is 0 Å². The van der Waals surface area contributed by atoms with Crippen LogP contribution in [0.5, 0.6) is 0 Å². The van der Waals surface area contributed by atoms with Crippen molar-refractivity contribution >= 4 is 29.5 Å². The Kier molecular flexibility index (Phi) is 5.89. The SMILES string of the molecule is CSCCC(C(=O)N(C)CC12CC3CC(CC(C3)C1)C2)N1C(=O)C2CCCCC2C1=O. The molecule has 0 spiro atoms. The van der Waals surface area contributed by atoms with E-state index in [9.17, 15) is 14.4 Å². The minimum absolute atomic E-state index is 0.00913. The average Bonchev–Trinajstić information content (AvgIpc) is 2.98. The predicted molar refractivity (Wildman–Crippen MR) is 122 cm³/mol. The molecule has 6 aliphatic rings. The first-order chi connectivity index (χ1) is 14.9. The van der Waals surface area contributed by atoms with Gasteiger partial charge in [-0.2, -0.15) is 11.8 Å². The zero-order valence-electron chi connectivity index (χ0n) is 19.2. The lowest BCUT2D eigenvalue weighted by atomic mass is 9.49. The number of likely N-dealkylation sites (N-methyl/N-ethyl adjacent to an activating group) is 1. The highest BCUT2D eigenvalue weighted by Crippen LogP contribution is 2.60.